The summed E-state index contributed by atoms with van der Waals surface area (Å²) in [5.41, 5.74) is 2.22. The van der Waals surface area contributed by atoms with E-state index in [0.29, 0.717) is 33.6 Å². The minimum atomic E-state index is -3.23. The van der Waals surface area contributed by atoms with Crippen LogP contribution in [-0.4, -0.2) is 32.4 Å². The van der Waals surface area contributed by atoms with Gasteiger partial charge in [-0.25, -0.2) is 13.3 Å². The van der Waals surface area contributed by atoms with E-state index < -0.39 is 27.6 Å². The summed E-state index contributed by atoms with van der Waals surface area (Å²) in [5.74, 6) is -1.44. The van der Waals surface area contributed by atoms with Gasteiger partial charge in [0.05, 0.1) is 22.6 Å². The predicted molar refractivity (Wildman–Crippen MR) is 117 cm³/mol. The Labute approximate surface area is 179 Å². The van der Waals surface area contributed by atoms with Crippen molar-refractivity contribution in [3.63, 3.8) is 0 Å². The standard InChI is InChI=1S/C23H18N2O5S/c1-31(29,30)14-15-6-4-7-16(12-15)21(26)24-17-8-5-9-18(13-17)25-22(27)19-10-2-3-11-20(19)23(25)28/h2-13H,14H2,1H3,(H,24,26). The Bertz CT molecular complexity index is 1300. The highest BCUT2D eigenvalue weighted by Crippen LogP contribution is 2.29. The highest BCUT2D eigenvalue weighted by molar-refractivity contribution is 7.89. The Balaban J connectivity index is 1.56. The van der Waals surface area contributed by atoms with Crippen LogP contribution in [0.1, 0.15) is 36.6 Å². The number of anilines is 2. The van der Waals surface area contributed by atoms with Crippen molar-refractivity contribution in [2.24, 2.45) is 0 Å². The SMILES string of the molecule is CS(=O)(=O)Cc1cccc(C(=O)Nc2cccc(N3C(=O)c4ccccc4C3=O)c2)c1. The quantitative estimate of drug-likeness (QED) is 0.621. The molecule has 1 heterocycles. The van der Waals surface area contributed by atoms with Crippen LogP contribution in [0.15, 0.2) is 72.8 Å². The zero-order chi connectivity index (χ0) is 22.2. The van der Waals surface area contributed by atoms with Gasteiger partial charge in [0.25, 0.3) is 17.7 Å². The maximum atomic E-state index is 12.7. The fraction of sp³-hybridized carbons (Fsp3) is 0.0870. The van der Waals surface area contributed by atoms with E-state index in [1.807, 2.05) is 0 Å². The van der Waals surface area contributed by atoms with Crippen molar-refractivity contribution in [1.82, 2.24) is 0 Å². The second kappa shape index (κ2) is 7.81. The van der Waals surface area contributed by atoms with Gasteiger partial charge in [-0.2, -0.15) is 0 Å². The van der Waals surface area contributed by atoms with Gasteiger partial charge in [0.2, 0.25) is 0 Å². The Kier molecular flexibility index (Phi) is 5.16. The minimum Gasteiger partial charge on any atom is -0.322 e. The molecule has 0 fully saturated rings. The molecule has 0 atom stereocenters. The minimum absolute atomic E-state index is 0.163. The lowest BCUT2D eigenvalue weighted by Gasteiger charge is -2.15. The molecule has 0 spiro atoms. The molecule has 0 radical (unpaired) electrons. The molecule has 0 bridgehead atoms. The number of hydrogen-bond donors (Lipinski definition) is 1. The Hall–Kier alpha value is -3.78. The lowest BCUT2D eigenvalue weighted by molar-refractivity contribution is 0.0925. The largest absolute Gasteiger partial charge is 0.322 e. The molecular formula is C23H18N2O5S. The number of benzene rings is 3. The van der Waals surface area contributed by atoms with E-state index in [2.05, 4.69) is 5.32 Å². The third-order valence-electron chi connectivity index (χ3n) is 4.77. The Morgan fingerprint density at radius 1 is 0.871 bits per heavy atom. The molecule has 31 heavy (non-hydrogen) atoms. The summed E-state index contributed by atoms with van der Waals surface area (Å²) in [6.07, 6.45) is 1.13. The molecule has 3 aromatic rings. The summed E-state index contributed by atoms with van der Waals surface area (Å²) in [7, 11) is -3.23. The number of imide groups is 1. The average molecular weight is 434 g/mol. The third-order valence-corrected chi connectivity index (χ3v) is 5.63. The maximum absolute atomic E-state index is 12.7. The summed E-state index contributed by atoms with van der Waals surface area (Å²) < 4.78 is 23.0. The number of nitrogens with zero attached hydrogens (tertiary/aromatic N) is 1. The number of amides is 3. The molecule has 0 aromatic heterocycles. The molecule has 7 nitrogen and oxygen atoms in total. The number of rotatable bonds is 5. The van der Waals surface area contributed by atoms with Crippen molar-refractivity contribution in [3.05, 3.63) is 95.1 Å². The molecule has 1 aliphatic heterocycles. The van der Waals surface area contributed by atoms with Gasteiger partial charge in [-0.05, 0) is 48.0 Å². The molecular weight excluding hydrogens is 416 g/mol. The molecule has 3 amide bonds. The first-order valence-corrected chi connectivity index (χ1v) is 11.4. The van der Waals surface area contributed by atoms with E-state index in [1.165, 1.54) is 6.07 Å². The van der Waals surface area contributed by atoms with Crippen LogP contribution in [0.2, 0.25) is 0 Å². The maximum Gasteiger partial charge on any atom is 0.266 e. The summed E-state index contributed by atoms with van der Waals surface area (Å²) in [6, 6.07) is 19.4. The molecule has 0 saturated heterocycles. The lowest BCUT2D eigenvalue weighted by Crippen LogP contribution is -2.29. The van der Waals surface area contributed by atoms with Gasteiger partial charge in [0.1, 0.15) is 0 Å². The topological polar surface area (TPSA) is 101 Å². The normalized spacial score (nSPS) is 13.3. The van der Waals surface area contributed by atoms with Gasteiger partial charge in [-0.3, -0.25) is 14.4 Å². The van der Waals surface area contributed by atoms with Crippen molar-refractivity contribution in [2.75, 3.05) is 16.5 Å². The fourth-order valence-electron chi connectivity index (χ4n) is 3.45. The highest BCUT2D eigenvalue weighted by Gasteiger charge is 2.36. The number of sulfone groups is 1. The van der Waals surface area contributed by atoms with Gasteiger partial charge >= 0.3 is 0 Å². The van der Waals surface area contributed by atoms with E-state index in [4.69, 9.17) is 0 Å². The van der Waals surface area contributed by atoms with Crippen LogP contribution in [-0.2, 0) is 15.6 Å². The van der Waals surface area contributed by atoms with E-state index in [-0.39, 0.29) is 5.75 Å². The first-order chi connectivity index (χ1) is 14.7. The average Bonchev–Trinajstić information content (AvgIpc) is 2.98. The number of nitrogens with one attached hydrogen (secondary N) is 1. The number of carbonyl (C=O) groups is 3. The third kappa shape index (κ3) is 4.24. The lowest BCUT2D eigenvalue weighted by atomic mass is 10.1. The van der Waals surface area contributed by atoms with Crippen LogP contribution in [0.5, 0.6) is 0 Å². The van der Waals surface area contributed by atoms with Crippen LogP contribution in [0.3, 0.4) is 0 Å². The molecule has 0 unspecified atom stereocenters. The van der Waals surface area contributed by atoms with Crippen molar-refractivity contribution < 1.29 is 22.8 Å². The zero-order valence-electron chi connectivity index (χ0n) is 16.5. The summed E-state index contributed by atoms with van der Waals surface area (Å²) in [6.45, 7) is 0. The van der Waals surface area contributed by atoms with Crippen molar-refractivity contribution >= 4 is 38.9 Å². The second-order valence-corrected chi connectivity index (χ2v) is 9.41. The van der Waals surface area contributed by atoms with E-state index >= 15 is 0 Å². The van der Waals surface area contributed by atoms with E-state index in [9.17, 15) is 22.8 Å². The van der Waals surface area contributed by atoms with Gasteiger partial charge < -0.3 is 5.32 Å². The molecule has 156 valence electrons. The molecule has 1 N–H and O–H groups in total. The number of fused-ring (bicyclic) bond motifs is 1. The van der Waals surface area contributed by atoms with Crippen LogP contribution in [0.4, 0.5) is 11.4 Å². The number of carbonyl (C=O) groups excluding carboxylic acids is 3. The van der Waals surface area contributed by atoms with Crippen molar-refractivity contribution in [3.8, 4) is 0 Å². The monoisotopic (exact) mass is 434 g/mol. The fourth-order valence-corrected chi connectivity index (χ4v) is 4.24. The molecule has 4 rings (SSSR count). The summed E-state index contributed by atoms with van der Waals surface area (Å²) >= 11 is 0. The molecule has 3 aromatic carbocycles. The van der Waals surface area contributed by atoms with Gasteiger partial charge in [-0.1, -0.05) is 30.3 Å². The van der Waals surface area contributed by atoms with Gasteiger partial charge in [-0.15, -0.1) is 0 Å². The summed E-state index contributed by atoms with van der Waals surface area (Å²) in [4.78, 5) is 39.1. The first kappa shape index (κ1) is 20.5. The van der Waals surface area contributed by atoms with E-state index in [1.54, 1.807) is 66.7 Å². The van der Waals surface area contributed by atoms with Crippen LogP contribution in [0.25, 0.3) is 0 Å². The molecule has 0 aliphatic carbocycles. The molecule has 8 heteroatoms. The van der Waals surface area contributed by atoms with Crippen molar-refractivity contribution in [1.29, 1.82) is 0 Å². The van der Waals surface area contributed by atoms with E-state index in [0.717, 1.165) is 11.2 Å². The zero-order valence-corrected chi connectivity index (χ0v) is 17.3. The Morgan fingerprint density at radius 2 is 1.52 bits per heavy atom. The Morgan fingerprint density at radius 3 is 2.16 bits per heavy atom. The first-order valence-electron chi connectivity index (χ1n) is 9.39. The highest BCUT2D eigenvalue weighted by atomic mass is 32.2. The molecule has 1 aliphatic rings. The molecule has 0 saturated carbocycles. The van der Waals surface area contributed by atoms with Gasteiger partial charge in [0, 0.05) is 17.5 Å². The predicted octanol–water partition coefficient (Wildman–Crippen LogP) is 3.28. The second-order valence-electron chi connectivity index (χ2n) is 7.27. The van der Waals surface area contributed by atoms with Crippen LogP contribution < -0.4 is 10.2 Å². The smallest absolute Gasteiger partial charge is 0.266 e. The number of hydrogen-bond acceptors (Lipinski definition) is 5. The van der Waals surface area contributed by atoms with Gasteiger partial charge in [0.15, 0.2) is 9.84 Å². The summed E-state index contributed by atoms with van der Waals surface area (Å²) in [5, 5.41) is 2.73. The van der Waals surface area contributed by atoms with Crippen LogP contribution in [0, 0.1) is 0 Å². The van der Waals surface area contributed by atoms with Crippen LogP contribution >= 0.6 is 0 Å². The van der Waals surface area contributed by atoms with Crippen molar-refractivity contribution in [2.45, 2.75) is 5.75 Å².